The summed E-state index contributed by atoms with van der Waals surface area (Å²) in [5, 5.41) is 3.05. The molecule has 106 valence electrons. The molecule has 1 aromatic rings. The Balaban J connectivity index is 2.28. The number of halogens is 1. The van der Waals surface area contributed by atoms with Crippen LogP contribution in [0.15, 0.2) is 28.7 Å². The van der Waals surface area contributed by atoms with Crippen molar-refractivity contribution in [3.8, 4) is 0 Å². The van der Waals surface area contributed by atoms with E-state index in [1.165, 1.54) is 19.3 Å². The standard InChI is InChI=1S/C16H24BrNO/c1-3-4-5-6-7-11-16(19)18-13(2)14-9-8-10-15(17)12-14/h8-10,12-13H,3-7,11H2,1-2H3,(H,18,19). The predicted molar refractivity (Wildman–Crippen MR) is 84.1 cm³/mol. The molecule has 1 amide bonds. The average Bonchev–Trinajstić information content (AvgIpc) is 2.38. The lowest BCUT2D eigenvalue weighted by Gasteiger charge is -2.14. The molecule has 0 fully saturated rings. The first-order valence-electron chi connectivity index (χ1n) is 7.18. The highest BCUT2D eigenvalue weighted by atomic mass is 79.9. The zero-order valence-electron chi connectivity index (χ0n) is 11.9. The molecule has 0 saturated heterocycles. The van der Waals surface area contributed by atoms with E-state index in [2.05, 4.69) is 28.2 Å². The van der Waals surface area contributed by atoms with Crippen molar-refractivity contribution in [2.75, 3.05) is 0 Å². The van der Waals surface area contributed by atoms with E-state index in [1.54, 1.807) is 0 Å². The number of carbonyl (C=O) groups excluding carboxylic acids is 1. The van der Waals surface area contributed by atoms with E-state index in [4.69, 9.17) is 0 Å². The molecule has 0 aliphatic rings. The number of benzene rings is 1. The summed E-state index contributed by atoms with van der Waals surface area (Å²) in [6, 6.07) is 8.14. The monoisotopic (exact) mass is 325 g/mol. The Morgan fingerprint density at radius 1 is 1.26 bits per heavy atom. The largest absolute Gasteiger partial charge is 0.350 e. The minimum atomic E-state index is 0.0700. The zero-order valence-corrected chi connectivity index (χ0v) is 13.5. The fourth-order valence-corrected chi connectivity index (χ4v) is 2.48. The number of rotatable bonds is 8. The van der Waals surface area contributed by atoms with Crippen molar-refractivity contribution >= 4 is 21.8 Å². The molecule has 1 atom stereocenters. The fraction of sp³-hybridized carbons (Fsp3) is 0.562. The van der Waals surface area contributed by atoms with Gasteiger partial charge in [-0.05, 0) is 31.0 Å². The maximum absolute atomic E-state index is 11.8. The van der Waals surface area contributed by atoms with E-state index in [0.29, 0.717) is 6.42 Å². The lowest BCUT2D eigenvalue weighted by molar-refractivity contribution is -0.121. The molecule has 0 bridgehead atoms. The molecule has 2 nitrogen and oxygen atoms in total. The minimum absolute atomic E-state index is 0.0700. The highest BCUT2D eigenvalue weighted by Gasteiger charge is 2.09. The summed E-state index contributed by atoms with van der Waals surface area (Å²) >= 11 is 3.45. The molecule has 1 unspecified atom stereocenters. The van der Waals surface area contributed by atoms with Gasteiger partial charge in [-0.1, -0.05) is 60.7 Å². The van der Waals surface area contributed by atoms with Crippen molar-refractivity contribution < 1.29 is 4.79 Å². The third-order valence-electron chi connectivity index (χ3n) is 3.23. The van der Waals surface area contributed by atoms with Crippen molar-refractivity contribution in [1.29, 1.82) is 0 Å². The summed E-state index contributed by atoms with van der Waals surface area (Å²) in [4.78, 5) is 11.8. The summed E-state index contributed by atoms with van der Waals surface area (Å²) in [6.07, 6.45) is 6.55. The van der Waals surface area contributed by atoms with Gasteiger partial charge in [0, 0.05) is 10.9 Å². The highest BCUT2D eigenvalue weighted by molar-refractivity contribution is 9.10. The van der Waals surface area contributed by atoms with Crippen LogP contribution < -0.4 is 5.32 Å². The Hall–Kier alpha value is -0.830. The number of unbranched alkanes of at least 4 members (excludes halogenated alkanes) is 4. The van der Waals surface area contributed by atoms with Crippen molar-refractivity contribution in [3.63, 3.8) is 0 Å². The SMILES string of the molecule is CCCCCCCC(=O)NC(C)c1cccc(Br)c1. The second-order valence-corrected chi connectivity index (χ2v) is 5.92. The number of nitrogens with one attached hydrogen (secondary N) is 1. The molecule has 0 heterocycles. The van der Waals surface area contributed by atoms with Gasteiger partial charge < -0.3 is 5.32 Å². The molecule has 1 N–H and O–H groups in total. The van der Waals surface area contributed by atoms with Crippen LogP contribution in [0.4, 0.5) is 0 Å². The minimum Gasteiger partial charge on any atom is -0.350 e. The normalized spacial score (nSPS) is 12.2. The molecule has 3 heteroatoms. The zero-order chi connectivity index (χ0) is 14.1. The summed E-state index contributed by atoms with van der Waals surface area (Å²) in [5.74, 6) is 0.156. The van der Waals surface area contributed by atoms with E-state index >= 15 is 0 Å². The maximum atomic E-state index is 11.8. The van der Waals surface area contributed by atoms with Crippen LogP contribution in [0.2, 0.25) is 0 Å². The number of carbonyl (C=O) groups is 1. The fourth-order valence-electron chi connectivity index (χ4n) is 2.06. The third kappa shape index (κ3) is 6.76. The summed E-state index contributed by atoms with van der Waals surface area (Å²) in [7, 11) is 0. The van der Waals surface area contributed by atoms with Crippen molar-refractivity contribution in [2.24, 2.45) is 0 Å². The molecule has 0 saturated carbocycles. The van der Waals surface area contributed by atoms with Crippen LogP contribution in [0, 0.1) is 0 Å². The Kier molecular flexibility index (Phi) is 7.80. The van der Waals surface area contributed by atoms with Crippen LogP contribution in [0.3, 0.4) is 0 Å². The smallest absolute Gasteiger partial charge is 0.220 e. The first-order valence-corrected chi connectivity index (χ1v) is 7.97. The average molecular weight is 326 g/mol. The summed E-state index contributed by atoms with van der Waals surface area (Å²) in [6.45, 7) is 4.23. The second-order valence-electron chi connectivity index (χ2n) is 5.01. The van der Waals surface area contributed by atoms with Crippen LogP contribution in [0.25, 0.3) is 0 Å². The van der Waals surface area contributed by atoms with Gasteiger partial charge >= 0.3 is 0 Å². The van der Waals surface area contributed by atoms with Gasteiger partial charge in [-0.2, -0.15) is 0 Å². The predicted octanol–water partition coefficient (Wildman–Crippen LogP) is 4.99. The van der Waals surface area contributed by atoms with Crippen LogP contribution >= 0.6 is 15.9 Å². The third-order valence-corrected chi connectivity index (χ3v) is 3.73. The topological polar surface area (TPSA) is 29.1 Å². The van der Waals surface area contributed by atoms with Gasteiger partial charge in [-0.25, -0.2) is 0 Å². The van der Waals surface area contributed by atoms with Gasteiger partial charge in [0.15, 0.2) is 0 Å². The molecule has 0 spiro atoms. The van der Waals surface area contributed by atoms with Gasteiger partial charge in [0.25, 0.3) is 0 Å². The van der Waals surface area contributed by atoms with Crippen LogP contribution in [0.1, 0.15) is 64.0 Å². The van der Waals surface area contributed by atoms with E-state index in [1.807, 2.05) is 31.2 Å². The van der Waals surface area contributed by atoms with E-state index in [9.17, 15) is 4.79 Å². The first-order chi connectivity index (χ1) is 9.13. The molecule has 0 aliphatic heterocycles. The number of amides is 1. The molecule has 1 rings (SSSR count). The number of hydrogen-bond acceptors (Lipinski definition) is 1. The molecule has 1 aromatic carbocycles. The Morgan fingerprint density at radius 3 is 2.68 bits per heavy atom. The van der Waals surface area contributed by atoms with Gasteiger partial charge in [0.1, 0.15) is 0 Å². The van der Waals surface area contributed by atoms with Crippen molar-refractivity contribution in [1.82, 2.24) is 5.32 Å². The summed E-state index contributed by atoms with van der Waals surface area (Å²) < 4.78 is 1.05. The van der Waals surface area contributed by atoms with E-state index in [0.717, 1.165) is 22.9 Å². The number of hydrogen-bond donors (Lipinski definition) is 1. The first kappa shape index (κ1) is 16.2. The second kappa shape index (κ2) is 9.13. The Labute approximate surface area is 125 Å². The van der Waals surface area contributed by atoms with Gasteiger partial charge in [-0.15, -0.1) is 0 Å². The molecule has 0 aromatic heterocycles. The molecular weight excluding hydrogens is 302 g/mol. The maximum Gasteiger partial charge on any atom is 0.220 e. The lowest BCUT2D eigenvalue weighted by atomic mass is 10.1. The quantitative estimate of drug-likeness (QED) is 0.670. The molecule has 0 aliphatic carbocycles. The van der Waals surface area contributed by atoms with Crippen molar-refractivity contribution in [2.45, 2.75) is 58.4 Å². The van der Waals surface area contributed by atoms with Crippen molar-refractivity contribution in [3.05, 3.63) is 34.3 Å². The van der Waals surface area contributed by atoms with Crippen LogP contribution in [-0.2, 0) is 4.79 Å². The molecular formula is C16H24BrNO. The lowest BCUT2D eigenvalue weighted by Crippen LogP contribution is -2.26. The summed E-state index contributed by atoms with van der Waals surface area (Å²) in [5.41, 5.74) is 1.13. The van der Waals surface area contributed by atoms with Crippen LogP contribution in [-0.4, -0.2) is 5.91 Å². The van der Waals surface area contributed by atoms with E-state index in [-0.39, 0.29) is 11.9 Å². The van der Waals surface area contributed by atoms with Gasteiger partial charge in [-0.3, -0.25) is 4.79 Å². The van der Waals surface area contributed by atoms with Gasteiger partial charge in [0.05, 0.1) is 6.04 Å². The van der Waals surface area contributed by atoms with Gasteiger partial charge in [0.2, 0.25) is 5.91 Å². The highest BCUT2D eigenvalue weighted by Crippen LogP contribution is 2.18. The molecule has 0 radical (unpaired) electrons. The van der Waals surface area contributed by atoms with Crippen LogP contribution in [0.5, 0.6) is 0 Å². The Morgan fingerprint density at radius 2 is 2.00 bits per heavy atom. The Bertz CT molecular complexity index is 392. The van der Waals surface area contributed by atoms with E-state index < -0.39 is 0 Å². The molecule has 19 heavy (non-hydrogen) atoms.